The van der Waals surface area contributed by atoms with Gasteiger partial charge in [0.2, 0.25) is 0 Å². The second-order valence-corrected chi connectivity index (χ2v) is 4.69. The number of fused-ring (bicyclic) bond motifs is 1. The predicted molar refractivity (Wildman–Crippen MR) is 69.3 cm³/mol. The van der Waals surface area contributed by atoms with Crippen molar-refractivity contribution in [3.63, 3.8) is 0 Å². The molecule has 3 rings (SSSR count). The van der Waals surface area contributed by atoms with Gasteiger partial charge in [-0.15, -0.1) is 0 Å². The van der Waals surface area contributed by atoms with Crippen molar-refractivity contribution < 1.29 is 13.5 Å². The van der Waals surface area contributed by atoms with Crippen LogP contribution in [-0.4, -0.2) is 0 Å². The molecule has 19 heavy (non-hydrogen) atoms. The normalized spacial score (nSPS) is 13.4. The molecule has 0 amide bonds. The Balaban J connectivity index is 1.95. The van der Waals surface area contributed by atoms with E-state index >= 15 is 0 Å². The molecule has 0 spiro atoms. The molecule has 1 aliphatic carbocycles. The van der Waals surface area contributed by atoms with Crippen molar-refractivity contribution in [1.29, 1.82) is 0 Å². The van der Waals surface area contributed by atoms with Gasteiger partial charge in [0.1, 0.15) is 5.82 Å². The Bertz CT molecular complexity index is 640. The Labute approximate surface area is 109 Å². The first-order valence-corrected chi connectivity index (χ1v) is 6.17. The lowest BCUT2D eigenvalue weighted by Crippen LogP contribution is -1.96. The summed E-state index contributed by atoms with van der Waals surface area (Å²) in [4.78, 5) is 0. The van der Waals surface area contributed by atoms with Gasteiger partial charge in [-0.3, -0.25) is 0 Å². The fourth-order valence-electron chi connectivity index (χ4n) is 2.39. The van der Waals surface area contributed by atoms with Gasteiger partial charge in [-0.1, -0.05) is 0 Å². The number of hydrogen-bond donors (Lipinski definition) is 1. The van der Waals surface area contributed by atoms with E-state index in [1.165, 1.54) is 17.2 Å². The van der Waals surface area contributed by atoms with Gasteiger partial charge < -0.3 is 10.5 Å². The molecule has 2 N–H and O–H groups in total. The average Bonchev–Trinajstić information content (AvgIpc) is 2.80. The van der Waals surface area contributed by atoms with Crippen LogP contribution in [0.25, 0.3) is 0 Å². The molecule has 0 radical (unpaired) electrons. The van der Waals surface area contributed by atoms with Crippen molar-refractivity contribution in [2.75, 3.05) is 5.73 Å². The molecule has 0 aliphatic heterocycles. The van der Waals surface area contributed by atoms with Gasteiger partial charge >= 0.3 is 0 Å². The minimum absolute atomic E-state index is 0.0222. The van der Waals surface area contributed by atoms with Gasteiger partial charge in [0, 0.05) is 6.07 Å². The number of ether oxygens (including phenoxy) is 1. The molecule has 2 nitrogen and oxygen atoms in total. The van der Waals surface area contributed by atoms with Crippen LogP contribution in [-0.2, 0) is 12.8 Å². The van der Waals surface area contributed by atoms with Crippen LogP contribution in [0.4, 0.5) is 14.5 Å². The van der Waals surface area contributed by atoms with Crippen LogP contribution < -0.4 is 10.5 Å². The Kier molecular flexibility index (Phi) is 2.85. The van der Waals surface area contributed by atoms with E-state index in [0.717, 1.165) is 31.4 Å². The highest BCUT2D eigenvalue weighted by atomic mass is 19.1. The van der Waals surface area contributed by atoms with E-state index in [-0.39, 0.29) is 5.75 Å². The molecule has 0 saturated heterocycles. The van der Waals surface area contributed by atoms with Gasteiger partial charge in [0.15, 0.2) is 17.3 Å². The molecular weight excluding hydrogens is 248 g/mol. The second-order valence-electron chi connectivity index (χ2n) is 4.69. The van der Waals surface area contributed by atoms with Crippen LogP contribution in [0.1, 0.15) is 17.5 Å². The fourth-order valence-corrected chi connectivity index (χ4v) is 2.39. The van der Waals surface area contributed by atoms with Crippen molar-refractivity contribution in [3.05, 3.63) is 53.1 Å². The van der Waals surface area contributed by atoms with Crippen LogP contribution in [0, 0.1) is 11.6 Å². The molecule has 0 aromatic heterocycles. The fraction of sp³-hybridized carbons (Fsp3) is 0.200. The third-order valence-corrected chi connectivity index (χ3v) is 3.34. The molecule has 4 heteroatoms. The summed E-state index contributed by atoms with van der Waals surface area (Å²) in [6.07, 6.45) is 3.10. The number of nitrogen functional groups attached to an aromatic ring is 1. The maximum absolute atomic E-state index is 13.5. The zero-order valence-corrected chi connectivity index (χ0v) is 10.2. The van der Waals surface area contributed by atoms with Crippen LogP contribution in [0.15, 0.2) is 30.3 Å². The number of nitrogens with two attached hydrogens (primary N) is 1. The quantitative estimate of drug-likeness (QED) is 0.834. The number of halogens is 2. The highest BCUT2D eigenvalue weighted by molar-refractivity contribution is 5.59. The van der Waals surface area contributed by atoms with Crippen LogP contribution in [0.5, 0.6) is 11.5 Å². The molecular formula is C15H13F2NO. The van der Waals surface area contributed by atoms with Gasteiger partial charge in [0.05, 0.1) is 5.69 Å². The third kappa shape index (κ3) is 2.26. The van der Waals surface area contributed by atoms with E-state index in [0.29, 0.717) is 11.4 Å². The zero-order valence-electron chi connectivity index (χ0n) is 10.2. The molecule has 98 valence electrons. The standard InChI is InChI=1S/C15H13F2NO/c16-11-4-5-14(12(17)8-11)19-15-7-10-3-1-2-9(10)6-13(15)18/h4-8H,1-3,18H2. The topological polar surface area (TPSA) is 35.2 Å². The number of aryl methyl sites for hydroxylation is 2. The molecule has 1 aliphatic rings. The van der Waals surface area contributed by atoms with E-state index in [9.17, 15) is 8.78 Å². The lowest BCUT2D eigenvalue weighted by atomic mass is 10.1. The summed E-state index contributed by atoms with van der Waals surface area (Å²) in [6, 6.07) is 6.93. The average molecular weight is 261 g/mol. The minimum Gasteiger partial charge on any atom is -0.452 e. The van der Waals surface area contributed by atoms with Crippen molar-refractivity contribution in [2.24, 2.45) is 0 Å². The Morgan fingerprint density at radius 3 is 2.42 bits per heavy atom. The molecule has 0 fully saturated rings. The Morgan fingerprint density at radius 1 is 0.947 bits per heavy atom. The summed E-state index contributed by atoms with van der Waals surface area (Å²) < 4.78 is 31.8. The predicted octanol–water partition coefficient (Wildman–Crippen LogP) is 3.83. The van der Waals surface area contributed by atoms with Crippen LogP contribution >= 0.6 is 0 Å². The number of hydrogen-bond acceptors (Lipinski definition) is 2. The molecule has 0 saturated carbocycles. The highest BCUT2D eigenvalue weighted by Gasteiger charge is 2.15. The van der Waals surface area contributed by atoms with Gasteiger partial charge in [0.25, 0.3) is 0 Å². The number of rotatable bonds is 2. The third-order valence-electron chi connectivity index (χ3n) is 3.34. The van der Waals surface area contributed by atoms with Gasteiger partial charge in [-0.2, -0.15) is 0 Å². The van der Waals surface area contributed by atoms with Gasteiger partial charge in [-0.25, -0.2) is 8.78 Å². The molecule has 2 aromatic carbocycles. The lowest BCUT2D eigenvalue weighted by Gasteiger charge is -2.11. The van der Waals surface area contributed by atoms with E-state index in [4.69, 9.17) is 10.5 Å². The zero-order chi connectivity index (χ0) is 13.4. The summed E-state index contributed by atoms with van der Waals surface area (Å²) in [5.41, 5.74) is 8.79. The van der Waals surface area contributed by atoms with Crippen molar-refractivity contribution >= 4 is 5.69 Å². The molecule has 0 heterocycles. The molecule has 0 atom stereocenters. The van der Waals surface area contributed by atoms with Crippen molar-refractivity contribution in [3.8, 4) is 11.5 Å². The van der Waals surface area contributed by atoms with Crippen molar-refractivity contribution in [2.45, 2.75) is 19.3 Å². The highest BCUT2D eigenvalue weighted by Crippen LogP contribution is 2.35. The molecule has 0 bridgehead atoms. The molecule has 2 aromatic rings. The summed E-state index contributed by atoms with van der Waals surface area (Å²) in [6.45, 7) is 0. The lowest BCUT2D eigenvalue weighted by molar-refractivity contribution is 0.439. The maximum Gasteiger partial charge on any atom is 0.168 e. The first-order chi connectivity index (χ1) is 9.13. The van der Waals surface area contributed by atoms with E-state index < -0.39 is 11.6 Å². The van der Waals surface area contributed by atoms with Crippen LogP contribution in [0.2, 0.25) is 0 Å². The van der Waals surface area contributed by atoms with Crippen LogP contribution in [0.3, 0.4) is 0 Å². The van der Waals surface area contributed by atoms with Gasteiger partial charge in [-0.05, 0) is 54.7 Å². The summed E-state index contributed by atoms with van der Waals surface area (Å²) in [7, 11) is 0. The second kappa shape index (κ2) is 4.53. The Morgan fingerprint density at radius 2 is 1.68 bits per heavy atom. The van der Waals surface area contributed by atoms with Crippen molar-refractivity contribution in [1.82, 2.24) is 0 Å². The molecule has 0 unspecified atom stereocenters. The minimum atomic E-state index is -0.736. The number of anilines is 1. The summed E-state index contributed by atoms with van der Waals surface area (Å²) in [5.74, 6) is -0.969. The summed E-state index contributed by atoms with van der Waals surface area (Å²) >= 11 is 0. The Hall–Kier alpha value is -2.10. The largest absolute Gasteiger partial charge is 0.452 e. The first kappa shape index (κ1) is 12.0. The summed E-state index contributed by atoms with van der Waals surface area (Å²) in [5, 5.41) is 0. The SMILES string of the molecule is Nc1cc2c(cc1Oc1ccc(F)cc1F)CCC2. The van der Waals surface area contributed by atoms with E-state index in [1.54, 1.807) is 0 Å². The maximum atomic E-state index is 13.5. The smallest absolute Gasteiger partial charge is 0.168 e. The van der Waals surface area contributed by atoms with E-state index in [1.807, 2.05) is 12.1 Å². The van der Waals surface area contributed by atoms with E-state index in [2.05, 4.69) is 0 Å². The first-order valence-electron chi connectivity index (χ1n) is 6.17. The number of benzene rings is 2. The monoisotopic (exact) mass is 261 g/mol.